The Labute approximate surface area is 173 Å². The van der Waals surface area contributed by atoms with E-state index in [-0.39, 0.29) is 11.9 Å². The number of imidazole rings is 1. The quantitative estimate of drug-likeness (QED) is 0.471. The van der Waals surface area contributed by atoms with Gasteiger partial charge in [-0.1, -0.05) is 12.1 Å². The maximum Gasteiger partial charge on any atom is 0.180 e. The molecule has 1 atom stereocenters. The van der Waals surface area contributed by atoms with Crippen molar-refractivity contribution in [2.24, 2.45) is 0 Å². The second-order valence-corrected chi connectivity index (χ2v) is 7.13. The molecule has 4 aromatic heterocycles. The van der Waals surface area contributed by atoms with E-state index in [2.05, 4.69) is 37.9 Å². The molecule has 0 bridgehead atoms. The predicted molar refractivity (Wildman–Crippen MR) is 116 cm³/mol. The van der Waals surface area contributed by atoms with E-state index in [4.69, 9.17) is 5.73 Å². The van der Waals surface area contributed by atoms with Crippen LogP contribution < -0.4 is 11.1 Å². The number of anilines is 2. The van der Waals surface area contributed by atoms with Crippen LogP contribution in [-0.2, 0) is 6.42 Å². The summed E-state index contributed by atoms with van der Waals surface area (Å²) in [5.41, 5.74) is 11.0. The fraction of sp³-hybridized carbons (Fsp3) is 0.182. The van der Waals surface area contributed by atoms with Crippen LogP contribution >= 0.6 is 0 Å². The number of hydrogen-bond donors (Lipinski definition) is 2. The molecule has 0 amide bonds. The maximum absolute atomic E-state index is 13.1. The minimum atomic E-state index is -0.381. The molecule has 8 heteroatoms. The standard InChI is InChI=1S/C22H22FN7/c1-4-5-15-8-13(2)22-27-11-19(30(22)12-15)21-26-10-17(24)20(29-21)28-14(3)18-7-6-16(23)9-25-18/h4,6-12,14H,1,5,24H2,2-3H3,(H,26,28,29). The SMILES string of the molecule is C=CCc1cc(C)c2ncc(-c3ncc(N)c(NC(C)c4ccc(F)cn4)n3)n2c1. The third kappa shape index (κ3) is 3.71. The van der Waals surface area contributed by atoms with Crippen molar-refractivity contribution in [1.82, 2.24) is 24.3 Å². The Balaban J connectivity index is 1.71. The number of nitrogens with one attached hydrogen (secondary N) is 1. The van der Waals surface area contributed by atoms with E-state index in [1.807, 2.05) is 30.5 Å². The molecule has 0 aliphatic heterocycles. The molecule has 4 aromatic rings. The third-order valence-corrected chi connectivity index (χ3v) is 4.82. The van der Waals surface area contributed by atoms with Crippen molar-refractivity contribution in [2.45, 2.75) is 26.3 Å². The monoisotopic (exact) mass is 403 g/mol. The summed E-state index contributed by atoms with van der Waals surface area (Å²) in [7, 11) is 0. The van der Waals surface area contributed by atoms with Crippen molar-refractivity contribution in [3.05, 3.63) is 78.3 Å². The Morgan fingerprint density at radius 3 is 2.80 bits per heavy atom. The Bertz CT molecular complexity index is 1210. The van der Waals surface area contributed by atoms with Gasteiger partial charge in [-0.05, 0) is 43.5 Å². The number of aryl methyl sites for hydroxylation is 1. The van der Waals surface area contributed by atoms with Gasteiger partial charge in [-0.2, -0.15) is 0 Å². The number of aromatic nitrogens is 5. The molecule has 0 aromatic carbocycles. The number of pyridine rings is 2. The molecule has 0 fully saturated rings. The highest BCUT2D eigenvalue weighted by atomic mass is 19.1. The number of allylic oxidation sites excluding steroid dienone is 1. The Hall–Kier alpha value is -3.81. The van der Waals surface area contributed by atoms with Crippen molar-refractivity contribution in [3.8, 4) is 11.5 Å². The van der Waals surface area contributed by atoms with Gasteiger partial charge < -0.3 is 11.1 Å². The molecule has 1 unspecified atom stereocenters. The highest BCUT2D eigenvalue weighted by Gasteiger charge is 2.15. The molecule has 0 saturated heterocycles. The minimum Gasteiger partial charge on any atom is -0.394 e. The molecular formula is C22H22FN7. The molecule has 152 valence electrons. The van der Waals surface area contributed by atoms with Crippen molar-refractivity contribution in [1.29, 1.82) is 0 Å². The van der Waals surface area contributed by atoms with Crippen LogP contribution in [0.25, 0.3) is 17.2 Å². The van der Waals surface area contributed by atoms with Crippen molar-refractivity contribution in [3.63, 3.8) is 0 Å². The lowest BCUT2D eigenvalue weighted by atomic mass is 10.1. The van der Waals surface area contributed by atoms with Crippen molar-refractivity contribution >= 4 is 17.2 Å². The topological polar surface area (TPSA) is 94.0 Å². The molecule has 0 aliphatic rings. The van der Waals surface area contributed by atoms with Crippen LogP contribution in [-0.4, -0.2) is 24.3 Å². The van der Waals surface area contributed by atoms with Crippen molar-refractivity contribution < 1.29 is 4.39 Å². The molecule has 7 nitrogen and oxygen atoms in total. The first-order chi connectivity index (χ1) is 14.5. The molecule has 30 heavy (non-hydrogen) atoms. The number of hydrogen-bond acceptors (Lipinski definition) is 6. The molecule has 4 rings (SSSR count). The lowest BCUT2D eigenvalue weighted by Crippen LogP contribution is -2.12. The van der Waals surface area contributed by atoms with Crippen molar-refractivity contribution in [2.75, 3.05) is 11.1 Å². The average Bonchev–Trinajstić information content (AvgIpc) is 3.15. The highest BCUT2D eigenvalue weighted by Crippen LogP contribution is 2.26. The van der Waals surface area contributed by atoms with Gasteiger partial charge in [0.1, 0.15) is 17.2 Å². The zero-order valence-electron chi connectivity index (χ0n) is 16.8. The summed E-state index contributed by atoms with van der Waals surface area (Å²) in [5, 5.41) is 3.24. The minimum absolute atomic E-state index is 0.223. The van der Waals surface area contributed by atoms with E-state index < -0.39 is 0 Å². The summed E-state index contributed by atoms with van der Waals surface area (Å²) >= 11 is 0. The van der Waals surface area contributed by atoms with Gasteiger partial charge >= 0.3 is 0 Å². The summed E-state index contributed by atoms with van der Waals surface area (Å²) in [6.45, 7) is 7.74. The molecular weight excluding hydrogens is 381 g/mol. The van der Waals surface area contributed by atoms with Gasteiger partial charge in [0.25, 0.3) is 0 Å². The summed E-state index contributed by atoms with van der Waals surface area (Å²) in [6, 6.07) is 4.87. The van der Waals surface area contributed by atoms with Crippen LogP contribution in [0.4, 0.5) is 15.9 Å². The van der Waals surface area contributed by atoms with E-state index in [9.17, 15) is 4.39 Å². The van der Waals surface area contributed by atoms with E-state index in [0.717, 1.165) is 28.9 Å². The fourth-order valence-electron chi connectivity index (χ4n) is 3.33. The summed E-state index contributed by atoms with van der Waals surface area (Å²) in [4.78, 5) is 17.7. The average molecular weight is 403 g/mol. The van der Waals surface area contributed by atoms with Crippen LogP contribution in [0, 0.1) is 12.7 Å². The smallest absolute Gasteiger partial charge is 0.180 e. The molecule has 0 aliphatic carbocycles. The number of halogens is 1. The molecule has 0 spiro atoms. The lowest BCUT2D eigenvalue weighted by molar-refractivity contribution is 0.617. The number of nitrogens with two attached hydrogens (primary N) is 1. The Morgan fingerprint density at radius 2 is 2.07 bits per heavy atom. The van der Waals surface area contributed by atoms with Crippen LogP contribution in [0.5, 0.6) is 0 Å². The van der Waals surface area contributed by atoms with Gasteiger partial charge in [-0.25, -0.2) is 19.3 Å². The van der Waals surface area contributed by atoms with E-state index in [1.165, 1.54) is 12.3 Å². The number of nitrogens with zero attached hydrogens (tertiary/aromatic N) is 5. The molecule has 3 N–H and O–H groups in total. The zero-order chi connectivity index (χ0) is 21.3. The highest BCUT2D eigenvalue weighted by molar-refractivity contribution is 5.66. The largest absolute Gasteiger partial charge is 0.394 e. The molecule has 0 saturated carbocycles. The molecule has 0 radical (unpaired) electrons. The first kappa shape index (κ1) is 19.5. The first-order valence-electron chi connectivity index (χ1n) is 9.54. The van der Waals surface area contributed by atoms with Crippen LogP contribution in [0.1, 0.15) is 29.8 Å². The summed E-state index contributed by atoms with van der Waals surface area (Å²) in [6.07, 6.45) is 9.14. The number of rotatable bonds is 6. The third-order valence-electron chi connectivity index (χ3n) is 4.82. The Kier molecular flexibility index (Phi) is 5.14. The second kappa shape index (κ2) is 7.90. The zero-order valence-corrected chi connectivity index (χ0v) is 16.8. The van der Waals surface area contributed by atoms with Gasteiger partial charge in [-0.3, -0.25) is 9.38 Å². The summed E-state index contributed by atoms with van der Waals surface area (Å²) in [5.74, 6) is 0.592. The number of fused-ring (bicyclic) bond motifs is 1. The van der Waals surface area contributed by atoms with Gasteiger partial charge in [0.05, 0.1) is 36.0 Å². The predicted octanol–water partition coefficient (Wildman–Crippen LogP) is 4.12. The summed E-state index contributed by atoms with van der Waals surface area (Å²) < 4.78 is 15.1. The van der Waals surface area contributed by atoms with Crippen LogP contribution in [0.3, 0.4) is 0 Å². The maximum atomic E-state index is 13.1. The molecule has 4 heterocycles. The second-order valence-electron chi connectivity index (χ2n) is 7.13. The first-order valence-corrected chi connectivity index (χ1v) is 9.54. The van der Waals surface area contributed by atoms with Crippen LogP contribution in [0.2, 0.25) is 0 Å². The van der Waals surface area contributed by atoms with Crippen LogP contribution in [0.15, 0.2) is 55.6 Å². The van der Waals surface area contributed by atoms with E-state index in [0.29, 0.717) is 23.0 Å². The lowest BCUT2D eigenvalue weighted by Gasteiger charge is -2.16. The fourth-order valence-corrected chi connectivity index (χ4v) is 3.33. The van der Waals surface area contributed by atoms with Gasteiger partial charge in [0, 0.05) is 6.20 Å². The van der Waals surface area contributed by atoms with E-state index >= 15 is 0 Å². The Morgan fingerprint density at radius 1 is 1.23 bits per heavy atom. The van der Waals surface area contributed by atoms with Gasteiger partial charge in [0.15, 0.2) is 11.6 Å². The number of nitrogen functional groups attached to an aromatic ring is 1. The van der Waals surface area contributed by atoms with Gasteiger partial charge in [0.2, 0.25) is 0 Å². The van der Waals surface area contributed by atoms with Gasteiger partial charge in [-0.15, -0.1) is 6.58 Å². The van der Waals surface area contributed by atoms with E-state index in [1.54, 1.807) is 18.5 Å². The normalized spacial score (nSPS) is 12.1.